The Kier molecular flexibility index (Phi) is 9.39. The highest BCUT2D eigenvalue weighted by Gasteiger charge is 2.28. The molecule has 8 heteroatoms. The first-order valence-electron chi connectivity index (χ1n) is 13.3. The second kappa shape index (κ2) is 12.9. The van der Waals surface area contributed by atoms with Gasteiger partial charge in [-0.15, -0.1) is 10.2 Å². The Morgan fingerprint density at radius 1 is 0.946 bits per heavy atom. The molecule has 1 aromatic heterocycles. The molecule has 0 radical (unpaired) electrons. The maximum atomic E-state index is 12.8. The van der Waals surface area contributed by atoms with E-state index in [2.05, 4.69) is 58.1 Å². The van der Waals surface area contributed by atoms with E-state index in [1.165, 1.54) is 5.56 Å². The summed E-state index contributed by atoms with van der Waals surface area (Å²) in [5, 5.41) is 9.89. The Bertz CT molecular complexity index is 1180. The number of carbonyl (C=O) groups excluding carboxylic acids is 2. The zero-order valence-electron chi connectivity index (χ0n) is 22.1. The summed E-state index contributed by atoms with van der Waals surface area (Å²) in [6.07, 6.45) is 3.73. The molecule has 1 aliphatic rings. The van der Waals surface area contributed by atoms with Crippen molar-refractivity contribution in [3.63, 3.8) is 0 Å². The Hall–Kier alpha value is -3.13. The van der Waals surface area contributed by atoms with Crippen LogP contribution in [-0.4, -0.2) is 67.8 Å². The third-order valence-electron chi connectivity index (χ3n) is 6.74. The number of thioether (sulfide) groups is 1. The van der Waals surface area contributed by atoms with Crippen LogP contribution in [0.15, 0.2) is 59.8 Å². The van der Waals surface area contributed by atoms with Crippen molar-refractivity contribution in [2.24, 2.45) is 0 Å². The predicted molar refractivity (Wildman–Crippen MR) is 149 cm³/mol. The van der Waals surface area contributed by atoms with E-state index < -0.39 is 0 Å². The fourth-order valence-electron chi connectivity index (χ4n) is 4.67. The first-order valence-corrected chi connectivity index (χ1v) is 14.2. The van der Waals surface area contributed by atoms with E-state index in [-0.39, 0.29) is 17.9 Å². The lowest BCUT2D eigenvalue weighted by atomic mass is 10.1. The molecule has 1 aliphatic heterocycles. The van der Waals surface area contributed by atoms with Crippen LogP contribution in [0.2, 0.25) is 0 Å². The molecule has 1 saturated heterocycles. The number of aryl methyl sites for hydroxylation is 1. The molecule has 7 nitrogen and oxygen atoms in total. The normalized spacial score (nSPS) is 15.7. The molecule has 0 aliphatic carbocycles. The minimum absolute atomic E-state index is 0.0828. The van der Waals surface area contributed by atoms with E-state index in [0.717, 1.165) is 47.2 Å². The molecule has 2 heterocycles. The number of piperazine rings is 1. The zero-order valence-corrected chi connectivity index (χ0v) is 22.9. The molecular weight excluding hydrogens is 482 g/mol. The number of benzene rings is 2. The molecule has 0 spiro atoms. The molecule has 2 amide bonds. The van der Waals surface area contributed by atoms with E-state index in [1.807, 2.05) is 41.8 Å². The minimum atomic E-state index is 0.0828. The van der Waals surface area contributed by atoms with Crippen molar-refractivity contribution in [1.82, 2.24) is 24.6 Å². The topological polar surface area (TPSA) is 71.3 Å². The minimum Gasteiger partial charge on any atom is -0.339 e. The number of unbranched alkanes of at least 4 members (excludes halogenated alkanes) is 1. The molecule has 3 aromatic rings. The average molecular weight is 520 g/mol. The molecule has 4 rings (SSSR count). The van der Waals surface area contributed by atoms with Crippen LogP contribution in [0.5, 0.6) is 0 Å². The standard InChI is InChI=1S/C29H37N5O2S/c1-4-10-27(36)33-19-18-32(21-23(33)3)26(35)13-8-9-20-37-29-31-30-28(24-16-14-22(2)15-17-24)34(29)25-11-6-5-7-12-25/h5-7,11-12,14-17,23H,4,8-10,13,18-21H2,1-3H3. The molecule has 1 atom stereocenters. The van der Waals surface area contributed by atoms with E-state index in [1.54, 1.807) is 11.8 Å². The Labute approximate surface area is 224 Å². The van der Waals surface area contributed by atoms with Gasteiger partial charge in [0.25, 0.3) is 0 Å². The summed E-state index contributed by atoms with van der Waals surface area (Å²) in [7, 11) is 0. The lowest BCUT2D eigenvalue weighted by molar-refractivity contribution is -0.142. The first kappa shape index (κ1) is 26.9. The predicted octanol–water partition coefficient (Wildman–Crippen LogP) is 5.36. The van der Waals surface area contributed by atoms with Crippen molar-refractivity contribution in [3.8, 4) is 17.1 Å². The third-order valence-corrected chi connectivity index (χ3v) is 7.75. The zero-order chi connectivity index (χ0) is 26.2. The van der Waals surface area contributed by atoms with Crippen LogP contribution in [-0.2, 0) is 9.59 Å². The molecule has 0 bridgehead atoms. The summed E-state index contributed by atoms with van der Waals surface area (Å²) in [5.74, 6) is 2.08. The number of para-hydroxylation sites is 1. The van der Waals surface area contributed by atoms with Crippen molar-refractivity contribution in [1.29, 1.82) is 0 Å². The van der Waals surface area contributed by atoms with Crippen LogP contribution in [0.1, 0.15) is 51.5 Å². The van der Waals surface area contributed by atoms with Crippen LogP contribution >= 0.6 is 11.8 Å². The average Bonchev–Trinajstić information content (AvgIpc) is 3.33. The van der Waals surface area contributed by atoms with Crippen molar-refractivity contribution in [2.75, 3.05) is 25.4 Å². The second-order valence-electron chi connectivity index (χ2n) is 9.67. The fourth-order valence-corrected chi connectivity index (χ4v) is 5.63. The Morgan fingerprint density at radius 2 is 1.70 bits per heavy atom. The van der Waals surface area contributed by atoms with Gasteiger partial charge >= 0.3 is 0 Å². The maximum Gasteiger partial charge on any atom is 0.222 e. The number of amides is 2. The summed E-state index contributed by atoms with van der Waals surface area (Å²) >= 11 is 1.68. The molecule has 1 unspecified atom stereocenters. The van der Waals surface area contributed by atoms with Crippen LogP contribution in [0.3, 0.4) is 0 Å². The van der Waals surface area contributed by atoms with Crippen molar-refractivity contribution in [2.45, 2.75) is 64.1 Å². The van der Waals surface area contributed by atoms with E-state index in [4.69, 9.17) is 0 Å². The number of rotatable bonds is 10. The fraction of sp³-hybridized carbons (Fsp3) is 0.448. The van der Waals surface area contributed by atoms with Crippen LogP contribution in [0.4, 0.5) is 0 Å². The largest absolute Gasteiger partial charge is 0.339 e. The Morgan fingerprint density at radius 3 is 2.41 bits per heavy atom. The third kappa shape index (κ3) is 6.80. The monoisotopic (exact) mass is 519 g/mol. The lowest BCUT2D eigenvalue weighted by Crippen LogP contribution is -2.55. The summed E-state index contributed by atoms with van der Waals surface area (Å²) < 4.78 is 2.11. The smallest absolute Gasteiger partial charge is 0.222 e. The highest BCUT2D eigenvalue weighted by molar-refractivity contribution is 7.99. The molecule has 196 valence electrons. The maximum absolute atomic E-state index is 12.8. The highest BCUT2D eigenvalue weighted by Crippen LogP contribution is 2.28. The SMILES string of the molecule is CCCC(=O)N1CCN(C(=O)CCCCSc2nnc(-c3ccc(C)cc3)n2-c2ccccc2)CC1C. The summed E-state index contributed by atoms with van der Waals surface area (Å²) in [6.45, 7) is 8.04. The van der Waals surface area contributed by atoms with Gasteiger partial charge in [-0.1, -0.05) is 66.7 Å². The number of aromatic nitrogens is 3. The van der Waals surface area contributed by atoms with Crippen molar-refractivity contribution in [3.05, 3.63) is 60.2 Å². The quantitative estimate of drug-likeness (QED) is 0.266. The van der Waals surface area contributed by atoms with E-state index in [9.17, 15) is 9.59 Å². The van der Waals surface area contributed by atoms with Gasteiger partial charge in [0.1, 0.15) is 0 Å². The van der Waals surface area contributed by atoms with Gasteiger partial charge in [0.05, 0.1) is 0 Å². The second-order valence-corrected chi connectivity index (χ2v) is 10.7. The number of carbonyl (C=O) groups is 2. The van der Waals surface area contributed by atoms with E-state index >= 15 is 0 Å². The van der Waals surface area contributed by atoms with Crippen molar-refractivity contribution >= 4 is 23.6 Å². The van der Waals surface area contributed by atoms with Gasteiger partial charge in [-0.3, -0.25) is 14.2 Å². The van der Waals surface area contributed by atoms with Gasteiger partial charge in [0.15, 0.2) is 11.0 Å². The molecular formula is C29H37N5O2S. The molecule has 37 heavy (non-hydrogen) atoms. The molecule has 1 fully saturated rings. The molecule has 0 saturated carbocycles. The molecule has 0 N–H and O–H groups in total. The Balaban J connectivity index is 1.30. The number of hydrogen-bond acceptors (Lipinski definition) is 5. The van der Waals surface area contributed by atoms with Gasteiger partial charge in [0.2, 0.25) is 11.8 Å². The summed E-state index contributed by atoms with van der Waals surface area (Å²) in [6, 6.07) is 18.6. The number of hydrogen-bond donors (Lipinski definition) is 0. The summed E-state index contributed by atoms with van der Waals surface area (Å²) in [5.41, 5.74) is 3.27. The van der Waals surface area contributed by atoms with Gasteiger partial charge in [-0.05, 0) is 45.2 Å². The lowest BCUT2D eigenvalue weighted by Gasteiger charge is -2.40. The highest BCUT2D eigenvalue weighted by atomic mass is 32.2. The first-order chi connectivity index (χ1) is 18.0. The van der Waals surface area contributed by atoms with Gasteiger partial charge < -0.3 is 9.80 Å². The molecule has 2 aromatic carbocycles. The van der Waals surface area contributed by atoms with Crippen LogP contribution < -0.4 is 0 Å². The van der Waals surface area contributed by atoms with Crippen LogP contribution in [0, 0.1) is 6.92 Å². The van der Waals surface area contributed by atoms with E-state index in [0.29, 0.717) is 32.5 Å². The van der Waals surface area contributed by atoms with Crippen molar-refractivity contribution < 1.29 is 9.59 Å². The van der Waals surface area contributed by atoms with Gasteiger partial charge in [0, 0.05) is 55.5 Å². The number of nitrogens with zero attached hydrogens (tertiary/aromatic N) is 5. The van der Waals surface area contributed by atoms with Gasteiger partial charge in [-0.25, -0.2) is 0 Å². The van der Waals surface area contributed by atoms with Crippen LogP contribution in [0.25, 0.3) is 17.1 Å². The summed E-state index contributed by atoms with van der Waals surface area (Å²) in [4.78, 5) is 28.9. The van der Waals surface area contributed by atoms with Gasteiger partial charge in [-0.2, -0.15) is 0 Å².